The van der Waals surface area contributed by atoms with Crippen LogP contribution in [0.3, 0.4) is 0 Å². The van der Waals surface area contributed by atoms with Crippen molar-refractivity contribution in [3.8, 4) is 0 Å². The number of hydrogen-bond donors (Lipinski definition) is 0. The minimum Gasteiger partial charge on any atom is -0.0811 e. The second-order valence-corrected chi connectivity index (χ2v) is 18.1. The first kappa shape index (κ1) is 14.8. The molecule has 2 aliphatic carbocycles. The van der Waals surface area contributed by atoms with Crippen molar-refractivity contribution in [3.63, 3.8) is 0 Å². The van der Waals surface area contributed by atoms with Crippen molar-refractivity contribution < 1.29 is 0 Å². The highest BCUT2D eigenvalue weighted by atomic mass is 28.3. The van der Waals surface area contributed by atoms with Gasteiger partial charge in [-0.1, -0.05) is 92.6 Å². The fraction of sp³-hybridized carbons (Fsp3) is 0.368. The van der Waals surface area contributed by atoms with Gasteiger partial charge in [0.25, 0.3) is 0 Å². The SMILES string of the molecule is C[Si](C)(C)C1=CC([Si](C)(C)C2C=Cc3ccccc32)C=C1. The van der Waals surface area contributed by atoms with Gasteiger partial charge in [0.05, 0.1) is 16.1 Å². The van der Waals surface area contributed by atoms with Gasteiger partial charge in [-0.25, -0.2) is 0 Å². The highest BCUT2D eigenvalue weighted by molar-refractivity contribution is 6.85. The molecular formula is C19H26Si2. The summed E-state index contributed by atoms with van der Waals surface area (Å²) in [7, 11) is -2.61. The number of hydrogen-bond acceptors (Lipinski definition) is 0. The Morgan fingerprint density at radius 2 is 1.57 bits per heavy atom. The highest BCUT2D eigenvalue weighted by Gasteiger charge is 2.40. The normalized spacial score (nSPS) is 24.3. The molecular weight excluding hydrogens is 284 g/mol. The van der Waals surface area contributed by atoms with E-state index >= 15 is 0 Å². The Labute approximate surface area is 131 Å². The summed E-state index contributed by atoms with van der Waals surface area (Å²) in [4.78, 5) is 0. The van der Waals surface area contributed by atoms with Gasteiger partial charge in [-0.05, 0) is 22.2 Å². The van der Waals surface area contributed by atoms with E-state index in [1.54, 1.807) is 10.8 Å². The number of rotatable bonds is 3. The van der Waals surface area contributed by atoms with E-state index in [2.05, 4.69) is 87.4 Å². The van der Waals surface area contributed by atoms with E-state index in [0.29, 0.717) is 11.1 Å². The van der Waals surface area contributed by atoms with Crippen LogP contribution in [-0.2, 0) is 0 Å². The molecule has 0 amide bonds. The van der Waals surface area contributed by atoms with Crippen molar-refractivity contribution in [2.75, 3.05) is 0 Å². The molecule has 0 saturated heterocycles. The Bertz CT molecular complexity index is 642. The topological polar surface area (TPSA) is 0 Å². The third kappa shape index (κ3) is 2.55. The Morgan fingerprint density at radius 3 is 2.24 bits per heavy atom. The molecule has 2 aliphatic rings. The van der Waals surface area contributed by atoms with Gasteiger partial charge in [-0.3, -0.25) is 0 Å². The van der Waals surface area contributed by atoms with Gasteiger partial charge in [0.2, 0.25) is 0 Å². The molecule has 0 aliphatic heterocycles. The summed E-state index contributed by atoms with van der Waals surface area (Å²) in [5, 5.41) is 1.64. The maximum absolute atomic E-state index is 2.60. The zero-order valence-corrected chi connectivity index (χ0v) is 15.9. The molecule has 0 aromatic heterocycles. The Hall–Kier alpha value is -1.13. The van der Waals surface area contributed by atoms with Gasteiger partial charge < -0.3 is 0 Å². The van der Waals surface area contributed by atoms with Gasteiger partial charge in [-0.15, -0.1) is 0 Å². The fourth-order valence-electron chi connectivity index (χ4n) is 3.58. The maximum atomic E-state index is 2.60. The molecule has 0 saturated carbocycles. The van der Waals surface area contributed by atoms with Crippen LogP contribution in [0.1, 0.15) is 16.7 Å². The van der Waals surface area contributed by atoms with Gasteiger partial charge in [0, 0.05) is 0 Å². The molecule has 0 bridgehead atoms. The molecule has 0 heterocycles. The molecule has 110 valence electrons. The predicted molar refractivity (Wildman–Crippen MR) is 100 cm³/mol. The molecule has 3 rings (SSSR count). The van der Waals surface area contributed by atoms with E-state index in [-0.39, 0.29) is 0 Å². The van der Waals surface area contributed by atoms with Crippen LogP contribution >= 0.6 is 0 Å². The molecule has 0 N–H and O–H groups in total. The average Bonchev–Trinajstić information content (AvgIpc) is 3.05. The van der Waals surface area contributed by atoms with Crippen molar-refractivity contribution in [3.05, 3.63) is 64.9 Å². The molecule has 1 aromatic carbocycles. The summed E-state index contributed by atoms with van der Waals surface area (Å²) in [6.45, 7) is 12.5. The lowest BCUT2D eigenvalue weighted by Gasteiger charge is -2.34. The summed E-state index contributed by atoms with van der Waals surface area (Å²) >= 11 is 0. The van der Waals surface area contributed by atoms with Crippen molar-refractivity contribution in [1.82, 2.24) is 0 Å². The van der Waals surface area contributed by atoms with E-state index in [9.17, 15) is 0 Å². The van der Waals surface area contributed by atoms with Crippen LogP contribution < -0.4 is 0 Å². The predicted octanol–water partition coefficient (Wildman–Crippen LogP) is 5.79. The van der Waals surface area contributed by atoms with E-state index < -0.39 is 16.1 Å². The molecule has 2 heteroatoms. The summed E-state index contributed by atoms with van der Waals surface area (Å²) < 4.78 is 0. The van der Waals surface area contributed by atoms with E-state index in [1.165, 1.54) is 5.56 Å². The average molecular weight is 311 g/mol. The van der Waals surface area contributed by atoms with Crippen LogP contribution in [0.25, 0.3) is 6.08 Å². The maximum Gasteiger partial charge on any atom is 0.0771 e. The third-order valence-electron chi connectivity index (χ3n) is 5.17. The van der Waals surface area contributed by atoms with Crippen LogP contribution in [0.5, 0.6) is 0 Å². The van der Waals surface area contributed by atoms with E-state index in [0.717, 1.165) is 0 Å². The van der Waals surface area contributed by atoms with Crippen LogP contribution in [0.4, 0.5) is 0 Å². The summed E-state index contributed by atoms with van der Waals surface area (Å²) in [6, 6.07) is 8.93. The van der Waals surface area contributed by atoms with Gasteiger partial charge in [0.15, 0.2) is 0 Å². The molecule has 0 spiro atoms. The molecule has 0 nitrogen and oxygen atoms in total. The lowest BCUT2D eigenvalue weighted by atomic mass is 10.1. The number of allylic oxidation sites excluding steroid dienone is 5. The Balaban J connectivity index is 1.92. The second kappa shape index (κ2) is 4.96. The van der Waals surface area contributed by atoms with E-state index in [4.69, 9.17) is 0 Å². The van der Waals surface area contributed by atoms with Gasteiger partial charge in [0.1, 0.15) is 0 Å². The number of fused-ring (bicyclic) bond motifs is 1. The zero-order chi connectivity index (χ0) is 15.3. The van der Waals surface area contributed by atoms with Crippen molar-refractivity contribution in [1.29, 1.82) is 0 Å². The van der Waals surface area contributed by atoms with Gasteiger partial charge in [-0.2, -0.15) is 0 Å². The molecule has 21 heavy (non-hydrogen) atoms. The Morgan fingerprint density at radius 1 is 0.857 bits per heavy atom. The van der Waals surface area contributed by atoms with Crippen LogP contribution in [0.2, 0.25) is 38.3 Å². The molecule has 1 aromatic rings. The zero-order valence-electron chi connectivity index (χ0n) is 13.9. The molecule has 2 atom stereocenters. The van der Waals surface area contributed by atoms with Crippen molar-refractivity contribution >= 4 is 22.2 Å². The van der Waals surface area contributed by atoms with Crippen molar-refractivity contribution in [2.24, 2.45) is 0 Å². The van der Waals surface area contributed by atoms with Crippen LogP contribution in [0, 0.1) is 0 Å². The summed E-state index contributed by atoms with van der Waals surface area (Å²) in [5.41, 5.74) is 4.32. The van der Waals surface area contributed by atoms with Gasteiger partial charge >= 0.3 is 0 Å². The van der Waals surface area contributed by atoms with Crippen molar-refractivity contribution in [2.45, 2.75) is 43.8 Å². The summed E-state index contributed by atoms with van der Waals surface area (Å²) in [5.74, 6) is 0. The third-order valence-corrected chi connectivity index (χ3v) is 11.4. The number of benzene rings is 1. The molecule has 2 unspecified atom stereocenters. The highest BCUT2D eigenvalue weighted by Crippen LogP contribution is 2.45. The first-order valence-corrected chi connectivity index (χ1v) is 14.6. The van der Waals surface area contributed by atoms with Crippen LogP contribution in [0.15, 0.2) is 53.8 Å². The quantitative estimate of drug-likeness (QED) is 0.620. The first-order chi connectivity index (χ1) is 9.80. The second-order valence-electron chi connectivity index (χ2n) is 8.04. The molecule has 0 radical (unpaired) electrons. The smallest absolute Gasteiger partial charge is 0.0771 e. The molecule has 0 fully saturated rings. The Kier molecular flexibility index (Phi) is 3.49. The first-order valence-electron chi connectivity index (χ1n) is 7.98. The monoisotopic (exact) mass is 310 g/mol. The minimum atomic E-state index is -1.44. The van der Waals surface area contributed by atoms with Crippen LogP contribution in [-0.4, -0.2) is 16.1 Å². The fourth-order valence-corrected chi connectivity index (χ4v) is 8.30. The standard InChI is InChI=1S/C19H26Si2/c1-20(2,3)16-11-12-17(14-16)21(4,5)19-13-10-15-8-6-7-9-18(15)19/h6-14,17,19H,1-5H3. The lowest BCUT2D eigenvalue weighted by Crippen LogP contribution is -2.37. The largest absolute Gasteiger partial charge is 0.0811 e. The summed E-state index contributed by atoms with van der Waals surface area (Å²) in [6.07, 6.45) is 12.3. The minimum absolute atomic E-state index is 0.653. The van der Waals surface area contributed by atoms with E-state index in [1.807, 2.05) is 0 Å². The lowest BCUT2D eigenvalue weighted by molar-refractivity contribution is 1.09.